The minimum Gasteiger partial charge on any atom is -0.465 e. The molecule has 0 saturated heterocycles. The average molecular weight is 225 g/mol. The van der Waals surface area contributed by atoms with Crippen molar-refractivity contribution in [3.8, 4) is 0 Å². The second-order valence-corrected chi connectivity index (χ2v) is 3.06. The Hall–Kier alpha value is -1.85. The predicted molar refractivity (Wildman–Crippen MR) is 59.4 cm³/mol. The molecule has 88 valence electrons. The molecule has 1 aromatic rings. The molecule has 1 aromatic heterocycles. The van der Waals surface area contributed by atoms with E-state index in [4.69, 9.17) is 4.74 Å². The second-order valence-electron chi connectivity index (χ2n) is 3.06. The van der Waals surface area contributed by atoms with Crippen LogP contribution in [-0.2, 0) is 9.53 Å². The first-order chi connectivity index (χ1) is 7.69. The maximum Gasteiger partial charge on any atom is 0.325 e. The van der Waals surface area contributed by atoms with Crippen LogP contribution < -0.4 is 10.5 Å². The molecule has 1 heterocycles. The van der Waals surface area contributed by atoms with Crippen LogP contribution in [-0.4, -0.2) is 35.6 Å². The summed E-state index contributed by atoms with van der Waals surface area (Å²) in [5.41, 5.74) is -0.311. The van der Waals surface area contributed by atoms with Gasteiger partial charge in [0.05, 0.1) is 6.61 Å². The van der Waals surface area contributed by atoms with Crippen molar-refractivity contribution in [2.75, 3.05) is 24.6 Å². The number of ether oxygens (including phenoxy) is 1. The van der Waals surface area contributed by atoms with E-state index in [9.17, 15) is 9.59 Å². The maximum atomic E-state index is 11.4. The fourth-order valence-electron chi connectivity index (χ4n) is 1.27. The lowest BCUT2D eigenvalue weighted by Gasteiger charge is -2.19. The van der Waals surface area contributed by atoms with E-state index in [2.05, 4.69) is 9.97 Å². The Bertz CT molecular complexity index is 402. The van der Waals surface area contributed by atoms with E-state index >= 15 is 0 Å². The molecule has 0 aliphatic carbocycles. The van der Waals surface area contributed by atoms with Gasteiger partial charge in [0.25, 0.3) is 5.56 Å². The Morgan fingerprint density at radius 1 is 1.56 bits per heavy atom. The van der Waals surface area contributed by atoms with Crippen LogP contribution in [0.3, 0.4) is 0 Å². The Balaban J connectivity index is 2.79. The van der Waals surface area contributed by atoms with Crippen LogP contribution in [0.5, 0.6) is 0 Å². The number of carbonyl (C=O) groups excluding carboxylic acids is 1. The highest BCUT2D eigenvalue weighted by molar-refractivity contribution is 5.75. The largest absolute Gasteiger partial charge is 0.465 e. The van der Waals surface area contributed by atoms with E-state index in [1.165, 1.54) is 12.4 Å². The molecule has 0 atom stereocenters. The minimum atomic E-state index is -0.366. The number of likely N-dealkylation sites (N-methyl/N-ethyl adjacent to an activating group) is 1. The molecule has 6 heteroatoms. The van der Waals surface area contributed by atoms with Crippen LogP contribution >= 0.6 is 0 Å². The second kappa shape index (κ2) is 5.89. The Labute approximate surface area is 93.3 Å². The highest BCUT2D eigenvalue weighted by Crippen LogP contribution is 2.01. The number of H-pyrrole nitrogens is 1. The zero-order valence-corrected chi connectivity index (χ0v) is 9.40. The van der Waals surface area contributed by atoms with Gasteiger partial charge in [0.15, 0.2) is 5.82 Å². The van der Waals surface area contributed by atoms with Gasteiger partial charge in [0.1, 0.15) is 6.54 Å². The van der Waals surface area contributed by atoms with Gasteiger partial charge >= 0.3 is 5.97 Å². The first-order valence-electron chi connectivity index (χ1n) is 5.13. The van der Waals surface area contributed by atoms with Crippen LogP contribution in [0.25, 0.3) is 0 Å². The van der Waals surface area contributed by atoms with Gasteiger partial charge < -0.3 is 14.6 Å². The molecule has 0 aromatic carbocycles. The van der Waals surface area contributed by atoms with Crippen molar-refractivity contribution in [2.45, 2.75) is 13.8 Å². The number of hydrogen-bond acceptors (Lipinski definition) is 5. The van der Waals surface area contributed by atoms with E-state index in [1.54, 1.807) is 11.8 Å². The Morgan fingerprint density at radius 2 is 2.31 bits per heavy atom. The molecule has 0 aliphatic rings. The number of nitrogens with one attached hydrogen (secondary N) is 1. The lowest BCUT2D eigenvalue weighted by atomic mass is 10.4. The Kier molecular flexibility index (Phi) is 4.50. The summed E-state index contributed by atoms with van der Waals surface area (Å²) in [5.74, 6) is -0.132. The summed E-state index contributed by atoms with van der Waals surface area (Å²) in [4.78, 5) is 30.8. The van der Waals surface area contributed by atoms with Crippen molar-refractivity contribution < 1.29 is 9.53 Å². The number of carbonyl (C=O) groups is 1. The molecule has 1 N–H and O–H groups in total. The molecule has 0 fully saturated rings. The molecular weight excluding hydrogens is 210 g/mol. The van der Waals surface area contributed by atoms with Crippen LogP contribution in [0.15, 0.2) is 17.2 Å². The first kappa shape index (κ1) is 12.2. The average Bonchev–Trinajstić information content (AvgIpc) is 2.27. The molecule has 0 amide bonds. The fraction of sp³-hybridized carbons (Fsp3) is 0.500. The number of rotatable bonds is 5. The number of nitrogens with zero attached hydrogens (tertiary/aromatic N) is 2. The molecule has 1 rings (SSSR count). The third kappa shape index (κ3) is 3.08. The number of aromatic nitrogens is 2. The molecule has 0 aliphatic heterocycles. The monoisotopic (exact) mass is 225 g/mol. The molecule has 0 spiro atoms. The van der Waals surface area contributed by atoms with Crippen LogP contribution in [0.1, 0.15) is 13.8 Å². The van der Waals surface area contributed by atoms with Crippen molar-refractivity contribution in [1.29, 1.82) is 0 Å². The third-order valence-corrected chi connectivity index (χ3v) is 2.00. The molecule has 16 heavy (non-hydrogen) atoms. The summed E-state index contributed by atoms with van der Waals surface area (Å²) in [5, 5.41) is 0. The summed E-state index contributed by atoms with van der Waals surface area (Å²) in [7, 11) is 0. The van der Waals surface area contributed by atoms with Crippen LogP contribution in [0, 0.1) is 0 Å². The van der Waals surface area contributed by atoms with Crippen molar-refractivity contribution in [3.63, 3.8) is 0 Å². The van der Waals surface area contributed by atoms with Gasteiger partial charge in [-0.1, -0.05) is 0 Å². The summed E-state index contributed by atoms with van der Waals surface area (Å²) in [6, 6.07) is 0. The quantitative estimate of drug-likeness (QED) is 0.722. The molecule has 0 bridgehead atoms. The molecule has 0 radical (unpaired) electrons. The van der Waals surface area contributed by atoms with Crippen molar-refractivity contribution >= 4 is 11.8 Å². The van der Waals surface area contributed by atoms with Gasteiger partial charge in [-0.05, 0) is 13.8 Å². The normalized spacial score (nSPS) is 9.88. The smallest absolute Gasteiger partial charge is 0.325 e. The van der Waals surface area contributed by atoms with Crippen LogP contribution in [0.2, 0.25) is 0 Å². The lowest BCUT2D eigenvalue weighted by molar-refractivity contribution is -0.141. The summed E-state index contributed by atoms with van der Waals surface area (Å²) in [6.07, 6.45) is 2.93. The van der Waals surface area contributed by atoms with Gasteiger partial charge in [-0.2, -0.15) is 0 Å². The van der Waals surface area contributed by atoms with Gasteiger partial charge in [-0.15, -0.1) is 0 Å². The maximum absolute atomic E-state index is 11.4. The van der Waals surface area contributed by atoms with Gasteiger partial charge in [0, 0.05) is 18.9 Å². The van der Waals surface area contributed by atoms with Crippen molar-refractivity contribution in [2.24, 2.45) is 0 Å². The van der Waals surface area contributed by atoms with Gasteiger partial charge in [-0.3, -0.25) is 9.59 Å². The molecule has 0 saturated carbocycles. The van der Waals surface area contributed by atoms with E-state index in [0.29, 0.717) is 13.2 Å². The predicted octanol–water partition coefficient (Wildman–Crippen LogP) is 0.159. The Morgan fingerprint density at radius 3 is 2.88 bits per heavy atom. The van der Waals surface area contributed by atoms with E-state index in [-0.39, 0.29) is 23.9 Å². The molecule has 0 unspecified atom stereocenters. The summed E-state index contributed by atoms with van der Waals surface area (Å²) in [6.45, 7) is 4.45. The van der Waals surface area contributed by atoms with Crippen molar-refractivity contribution in [1.82, 2.24) is 9.97 Å². The molecular formula is C10H15N3O3. The number of aromatic amines is 1. The number of esters is 1. The zero-order valence-electron chi connectivity index (χ0n) is 9.40. The first-order valence-corrected chi connectivity index (χ1v) is 5.13. The standard InChI is InChI=1S/C10H15N3O3/c1-3-13(7-8(14)16-4-2)9-10(15)12-6-5-11-9/h5-6H,3-4,7H2,1-2H3,(H,12,15). The minimum absolute atomic E-state index is 0.0322. The lowest BCUT2D eigenvalue weighted by Crippen LogP contribution is -2.35. The summed E-state index contributed by atoms with van der Waals surface area (Å²) < 4.78 is 4.81. The number of hydrogen-bond donors (Lipinski definition) is 1. The SMILES string of the molecule is CCOC(=O)CN(CC)c1ncc[nH]c1=O. The number of anilines is 1. The highest BCUT2D eigenvalue weighted by atomic mass is 16.5. The van der Waals surface area contributed by atoms with E-state index in [0.717, 1.165) is 0 Å². The molecule has 6 nitrogen and oxygen atoms in total. The van der Waals surface area contributed by atoms with Crippen molar-refractivity contribution in [3.05, 3.63) is 22.7 Å². The third-order valence-electron chi connectivity index (χ3n) is 2.00. The summed E-state index contributed by atoms with van der Waals surface area (Å²) >= 11 is 0. The topological polar surface area (TPSA) is 75.3 Å². The van der Waals surface area contributed by atoms with Gasteiger partial charge in [0.2, 0.25) is 0 Å². The van der Waals surface area contributed by atoms with E-state index in [1.807, 2.05) is 6.92 Å². The zero-order chi connectivity index (χ0) is 12.0. The van der Waals surface area contributed by atoms with E-state index < -0.39 is 0 Å². The highest BCUT2D eigenvalue weighted by Gasteiger charge is 2.14. The van der Waals surface area contributed by atoms with Gasteiger partial charge in [-0.25, -0.2) is 4.98 Å². The van der Waals surface area contributed by atoms with Crippen LogP contribution in [0.4, 0.5) is 5.82 Å². The fourth-order valence-corrected chi connectivity index (χ4v) is 1.27.